The summed E-state index contributed by atoms with van der Waals surface area (Å²) in [6.07, 6.45) is 2.44. The largest absolute Gasteiger partial charge is 0.312 e. The van der Waals surface area contributed by atoms with Crippen molar-refractivity contribution in [2.75, 3.05) is 27.2 Å². The maximum Gasteiger partial charge on any atom is 0.255 e. The molecule has 0 aliphatic rings. The average molecular weight is 252 g/mol. The summed E-state index contributed by atoms with van der Waals surface area (Å²) >= 11 is 0. The van der Waals surface area contributed by atoms with Crippen LogP contribution in [0.1, 0.15) is 25.2 Å². The third kappa shape index (κ3) is 5.42. The molecule has 5 nitrogen and oxygen atoms in total. The van der Waals surface area contributed by atoms with Gasteiger partial charge >= 0.3 is 0 Å². The molecule has 0 saturated carbocycles. The minimum absolute atomic E-state index is 0.0324. The van der Waals surface area contributed by atoms with Gasteiger partial charge in [0.1, 0.15) is 5.82 Å². The molecule has 2 N–H and O–H groups in total. The highest BCUT2D eigenvalue weighted by atomic mass is 16.1. The summed E-state index contributed by atoms with van der Waals surface area (Å²) in [4.78, 5) is 21.0. The second kappa shape index (κ2) is 7.28. The zero-order valence-corrected chi connectivity index (χ0v) is 11.8. The third-order valence-electron chi connectivity index (χ3n) is 2.59. The summed E-state index contributed by atoms with van der Waals surface area (Å²) in [5.41, 5.74) is 0.666. The summed E-state index contributed by atoms with van der Waals surface area (Å²) in [6.45, 7) is 6.64. The van der Waals surface area contributed by atoms with Gasteiger partial charge in [0.05, 0.1) is 0 Å². The molecule has 1 aromatic rings. The van der Waals surface area contributed by atoms with Crippen LogP contribution >= 0.6 is 0 Å². The van der Waals surface area contributed by atoms with Crippen LogP contribution in [0.5, 0.6) is 0 Å². The van der Waals surface area contributed by atoms with Crippen LogP contribution in [0.2, 0.25) is 0 Å². The van der Waals surface area contributed by atoms with Crippen molar-refractivity contribution in [1.29, 1.82) is 0 Å². The Hall–Kier alpha value is -1.20. The molecule has 102 valence electrons. The molecular formula is C13H24N4O. The van der Waals surface area contributed by atoms with Crippen molar-refractivity contribution >= 4 is 0 Å². The fraction of sp³-hybridized carbons (Fsp3) is 0.692. The van der Waals surface area contributed by atoms with Gasteiger partial charge in [0.15, 0.2) is 0 Å². The lowest BCUT2D eigenvalue weighted by Crippen LogP contribution is -2.26. The van der Waals surface area contributed by atoms with Crippen molar-refractivity contribution in [3.8, 4) is 0 Å². The van der Waals surface area contributed by atoms with E-state index >= 15 is 0 Å². The quantitative estimate of drug-likeness (QED) is 0.747. The highest BCUT2D eigenvalue weighted by molar-refractivity contribution is 5.05. The van der Waals surface area contributed by atoms with Crippen molar-refractivity contribution in [1.82, 2.24) is 20.2 Å². The topological polar surface area (TPSA) is 61.0 Å². The smallest absolute Gasteiger partial charge is 0.255 e. The van der Waals surface area contributed by atoms with Crippen LogP contribution in [0.15, 0.2) is 11.0 Å². The third-order valence-corrected chi connectivity index (χ3v) is 2.59. The van der Waals surface area contributed by atoms with E-state index in [2.05, 4.69) is 34.0 Å². The highest BCUT2D eigenvalue weighted by Crippen LogP contribution is 1.94. The van der Waals surface area contributed by atoms with Crippen LogP contribution in [0, 0.1) is 5.92 Å². The van der Waals surface area contributed by atoms with Gasteiger partial charge in [-0.25, -0.2) is 4.98 Å². The van der Waals surface area contributed by atoms with Gasteiger partial charge in [0.25, 0.3) is 5.56 Å². The fourth-order valence-corrected chi connectivity index (χ4v) is 1.54. The molecule has 1 heterocycles. The molecule has 0 spiro atoms. The van der Waals surface area contributed by atoms with Crippen molar-refractivity contribution in [3.05, 3.63) is 27.9 Å². The maximum atomic E-state index is 11.8. The first-order valence-electron chi connectivity index (χ1n) is 6.41. The Balaban J connectivity index is 2.54. The summed E-state index contributed by atoms with van der Waals surface area (Å²) in [7, 11) is 4.00. The lowest BCUT2D eigenvalue weighted by molar-refractivity contribution is 0.409. The van der Waals surface area contributed by atoms with Crippen molar-refractivity contribution in [2.24, 2.45) is 5.92 Å². The summed E-state index contributed by atoms with van der Waals surface area (Å²) < 4.78 is 0. The molecule has 0 unspecified atom stereocenters. The van der Waals surface area contributed by atoms with Crippen LogP contribution in [0.3, 0.4) is 0 Å². The number of hydrogen-bond donors (Lipinski definition) is 2. The van der Waals surface area contributed by atoms with Crippen LogP contribution in [0.4, 0.5) is 0 Å². The van der Waals surface area contributed by atoms with Gasteiger partial charge in [0, 0.05) is 31.3 Å². The number of likely N-dealkylation sites (N-methyl/N-ethyl adjacent to an activating group) is 1. The molecule has 1 rings (SSSR count). The summed E-state index contributed by atoms with van der Waals surface area (Å²) in [5.74, 6) is 1.33. The van der Waals surface area contributed by atoms with Gasteiger partial charge < -0.3 is 15.2 Å². The van der Waals surface area contributed by atoms with E-state index in [0.29, 0.717) is 18.0 Å². The van der Waals surface area contributed by atoms with Crippen LogP contribution in [-0.2, 0) is 13.0 Å². The number of aromatic amines is 1. The Bertz CT molecular complexity index is 412. The van der Waals surface area contributed by atoms with Gasteiger partial charge in [-0.2, -0.15) is 0 Å². The number of hydrogen-bond acceptors (Lipinski definition) is 4. The first-order chi connectivity index (χ1) is 8.49. The standard InChI is InChI=1S/C13H24N4O/c1-10(2)7-14-8-11-9-15-12(16-13(11)18)5-6-17(3)4/h9-10,14H,5-8H2,1-4H3,(H,15,16,18). The number of rotatable bonds is 7. The summed E-state index contributed by atoms with van der Waals surface area (Å²) in [6, 6.07) is 0. The number of nitrogens with one attached hydrogen (secondary N) is 2. The Labute approximate surface area is 109 Å². The molecule has 0 saturated heterocycles. The Morgan fingerprint density at radius 1 is 1.44 bits per heavy atom. The Kier molecular flexibility index (Phi) is 6.01. The number of nitrogens with zero attached hydrogens (tertiary/aromatic N) is 2. The average Bonchev–Trinajstić information content (AvgIpc) is 2.28. The second-order valence-corrected chi connectivity index (χ2v) is 5.26. The molecule has 0 aliphatic heterocycles. The molecule has 0 radical (unpaired) electrons. The molecule has 0 atom stereocenters. The van der Waals surface area contributed by atoms with E-state index in [9.17, 15) is 4.79 Å². The van der Waals surface area contributed by atoms with E-state index in [1.807, 2.05) is 14.1 Å². The minimum atomic E-state index is -0.0324. The van der Waals surface area contributed by atoms with Crippen molar-refractivity contribution in [3.63, 3.8) is 0 Å². The number of aromatic nitrogens is 2. The summed E-state index contributed by atoms with van der Waals surface area (Å²) in [5, 5.41) is 3.24. The van der Waals surface area contributed by atoms with E-state index < -0.39 is 0 Å². The molecule has 0 amide bonds. The van der Waals surface area contributed by atoms with E-state index in [-0.39, 0.29) is 5.56 Å². The minimum Gasteiger partial charge on any atom is -0.312 e. The molecule has 0 fully saturated rings. The fourth-order valence-electron chi connectivity index (χ4n) is 1.54. The molecule has 0 aromatic carbocycles. The second-order valence-electron chi connectivity index (χ2n) is 5.26. The van der Waals surface area contributed by atoms with E-state index in [4.69, 9.17) is 0 Å². The first kappa shape index (κ1) is 14.9. The predicted molar refractivity (Wildman–Crippen MR) is 73.7 cm³/mol. The van der Waals surface area contributed by atoms with Crippen LogP contribution in [0.25, 0.3) is 0 Å². The molecule has 1 aromatic heterocycles. The molecule has 0 bridgehead atoms. The lowest BCUT2D eigenvalue weighted by Gasteiger charge is -2.09. The molecule has 5 heteroatoms. The predicted octanol–water partition coefficient (Wildman–Crippen LogP) is 0.620. The number of H-pyrrole nitrogens is 1. The van der Waals surface area contributed by atoms with Gasteiger partial charge in [0.2, 0.25) is 0 Å². The Morgan fingerprint density at radius 3 is 2.72 bits per heavy atom. The normalized spacial score (nSPS) is 11.4. The Morgan fingerprint density at radius 2 is 2.17 bits per heavy atom. The molecular weight excluding hydrogens is 228 g/mol. The van der Waals surface area contributed by atoms with E-state index in [1.54, 1.807) is 6.20 Å². The molecule has 18 heavy (non-hydrogen) atoms. The zero-order chi connectivity index (χ0) is 13.5. The van der Waals surface area contributed by atoms with Gasteiger partial charge in [-0.15, -0.1) is 0 Å². The van der Waals surface area contributed by atoms with Crippen LogP contribution in [-0.4, -0.2) is 42.1 Å². The SMILES string of the molecule is CC(C)CNCc1cnc(CCN(C)C)[nH]c1=O. The van der Waals surface area contributed by atoms with E-state index in [0.717, 1.165) is 25.3 Å². The highest BCUT2D eigenvalue weighted by Gasteiger charge is 2.03. The molecule has 0 aliphatic carbocycles. The van der Waals surface area contributed by atoms with E-state index in [1.165, 1.54) is 0 Å². The maximum absolute atomic E-state index is 11.8. The van der Waals surface area contributed by atoms with Gasteiger partial charge in [-0.3, -0.25) is 4.79 Å². The van der Waals surface area contributed by atoms with Crippen LogP contribution < -0.4 is 10.9 Å². The van der Waals surface area contributed by atoms with Gasteiger partial charge in [-0.1, -0.05) is 13.8 Å². The van der Waals surface area contributed by atoms with Crippen molar-refractivity contribution in [2.45, 2.75) is 26.8 Å². The lowest BCUT2D eigenvalue weighted by atomic mass is 10.2. The van der Waals surface area contributed by atoms with Crippen molar-refractivity contribution < 1.29 is 0 Å². The zero-order valence-electron chi connectivity index (χ0n) is 11.8. The van der Waals surface area contributed by atoms with Gasteiger partial charge in [-0.05, 0) is 26.6 Å². The monoisotopic (exact) mass is 252 g/mol. The first-order valence-corrected chi connectivity index (χ1v) is 6.41.